The minimum atomic E-state index is -0.209. The van der Waals surface area contributed by atoms with Crippen molar-refractivity contribution in [2.45, 2.75) is 26.4 Å². The maximum atomic E-state index is 12.4. The van der Waals surface area contributed by atoms with Crippen LogP contribution < -0.4 is 20.9 Å². The fraction of sp³-hybridized carbons (Fsp3) is 0.227. The van der Waals surface area contributed by atoms with Gasteiger partial charge in [0.25, 0.3) is 11.3 Å². The molecule has 4 aromatic rings. The molecule has 0 aliphatic carbocycles. The minimum Gasteiger partial charge on any atom is -0.497 e. The van der Waals surface area contributed by atoms with Gasteiger partial charge in [-0.15, -0.1) is 0 Å². The molecule has 0 atom stereocenters. The summed E-state index contributed by atoms with van der Waals surface area (Å²) < 4.78 is 6.49. The lowest BCUT2D eigenvalue weighted by Gasteiger charge is -2.06. The molecule has 0 fully saturated rings. The minimum absolute atomic E-state index is 0.209. The highest BCUT2D eigenvalue weighted by Gasteiger charge is 2.08. The smallest absolute Gasteiger partial charge is 0.274 e. The second-order valence-corrected chi connectivity index (χ2v) is 6.90. The van der Waals surface area contributed by atoms with Gasteiger partial charge in [-0.2, -0.15) is 9.50 Å². The van der Waals surface area contributed by atoms with Crippen LogP contribution in [0.3, 0.4) is 0 Å². The van der Waals surface area contributed by atoms with Gasteiger partial charge < -0.3 is 15.4 Å². The van der Waals surface area contributed by atoms with Crippen LogP contribution in [0.25, 0.3) is 5.78 Å². The van der Waals surface area contributed by atoms with E-state index in [1.54, 1.807) is 7.11 Å². The first-order valence-corrected chi connectivity index (χ1v) is 9.83. The SMILES string of the molecule is CCc1ccc(CNc2nc3nc(CNc4ccc(OC)cc4)cc(=O)n3[nH]2)cc1. The molecule has 0 radical (unpaired) electrons. The highest BCUT2D eigenvalue weighted by molar-refractivity contribution is 5.47. The summed E-state index contributed by atoms with van der Waals surface area (Å²) in [7, 11) is 1.63. The highest BCUT2D eigenvalue weighted by Crippen LogP contribution is 2.15. The zero-order chi connectivity index (χ0) is 20.9. The fourth-order valence-electron chi connectivity index (χ4n) is 3.08. The van der Waals surface area contributed by atoms with Crippen molar-refractivity contribution >= 4 is 17.4 Å². The van der Waals surface area contributed by atoms with Crippen molar-refractivity contribution < 1.29 is 4.74 Å². The molecule has 0 unspecified atom stereocenters. The first-order chi connectivity index (χ1) is 14.6. The lowest BCUT2D eigenvalue weighted by Crippen LogP contribution is -2.17. The molecule has 154 valence electrons. The zero-order valence-electron chi connectivity index (χ0n) is 17.0. The summed E-state index contributed by atoms with van der Waals surface area (Å²) in [5.41, 5.74) is 3.76. The molecule has 2 heterocycles. The molecule has 0 bridgehead atoms. The number of anilines is 2. The van der Waals surface area contributed by atoms with Gasteiger partial charge in [0.15, 0.2) is 0 Å². The molecular weight excluding hydrogens is 380 g/mol. The predicted octanol–water partition coefficient (Wildman–Crippen LogP) is 3.21. The van der Waals surface area contributed by atoms with Crippen molar-refractivity contribution in [2.75, 3.05) is 17.7 Å². The van der Waals surface area contributed by atoms with Crippen LogP contribution in [-0.2, 0) is 19.5 Å². The second-order valence-electron chi connectivity index (χ2n) is 6.90. The molecule has 0 saturated heterocycles. The van der Waals surface area contributed by atoms with Crippen LogP contribution in [0.15, 0.2) is 59.4 Å². The number of rotatable bonds is 8. The van der Waals surface area contributed by atoms with E-state index in [4.69, 9.17) is 4.74 Å². The van der Waals surface area contributed by atoms with E-state index in [0.29, 0.717) is 30.5 Å². The van der Waals surface area contributed by atoms with Crippen LogP contribution in [-0.4, -0.2) is 26.7 Å². The molecule has 4 rings (SSSR count). The van der Waals surface area contributed by atoms with Crippen LogP contribution in [0, 0.1) is 0 Å². The lowest BCUT2D eigenvalue weighted by molar-refractivity contribution is 0.415. The molecule has 2 aromatic heterocycles. The molecule has 0 aliphatic heterocycles. The summed E-state index contributed by atoms with van der Waals surface area (Å²) in [5.74, 6) is 1.62. The van der Waals surface area contributed by atoms with E-state index >= 15 is 0 Å². The summed E-state index contributed by atoms with van der Waals surface area (Å²) in [6.07, 6.45) is 1.02. The van der Waals surface area contributed by atoms with E-state index in [1.165, 1.54) is 16.1 Å². The van der Waals surface area contributed by atoms with E-state index in [9.17, 15) is 4.79 Å². The fourth-order valence-corrected chi connectivity index (χ4v) is 3.08. The summed E-state index contributed by atoms with van der Waals surface area (Å²) in [5, 5.41) is 9.41. The number of aromatic nitrogens is 4. The number of hydrogen-bond acceptors (Lipinski definition) is 6. The molecular formula is C22H24N6O2. The van der Waals surface area contributed by atoms with Crippen LogP contribution in [0.2, 0.25) is 0 Å². The highest BCUT2D eigenvalue weighted by atomic mass is 16.5. The Balaban J connectivity index is 1.44. The van der Waals surface area contributed by atoms with E-state index in [0.717, 1.165) is 23.4 Å². The molecule has 0 aliphatic rings. The van der Waals surface area contributed by atoms with Gasteiger partial charge in [0.1, 0.15) is 5.75 Å². The number of methoxy groups -OCH3 is 1. The topological polar surface area (TPSA) is 96.3 Å². The van der Waals surface area contributed by atoms with Crippen LogP contribution in [0.5, 0.6) is 5.75 Å². The number of nitrogens with zero attached hydrogens (tertiary/aromatic N) is 3. The van der Waals surface area contributed by atoms with Crippen molar-refractivity contribution in [1.29, 1.82) is 0 Å². The molecule has 3 N–H and O–H groups in total. The first kappa shape index (κ1) is 19.5. The van der Waals surface area contributed by atoms with Gasteiger partial charge in [-0.3, -0.25) is 9.89 Å². The summed E-state index contributed by atoms with van der Waals surface area (Å²) >= 11 is 0. The number of nitrogens with one attached hydrogen (secondary N) is 3. The summed E-state index contributed by atoms with van der Waals surface area (Å²) in [6, 6.07) is 17.5. The number of ether oxygens (including phenoxy) is 1. The molecule has 0 amide bonds. The third-order valence-electron chi connectivity index (χ3n) is 4.84. The molecule has 8 heteroatoms. The van der Waals surface area contributed by atoms with Gasteiger partial charge in [0, 0.05) is 18.3 Å². The Bertz CT molecular complexity index is 1180. The van der Waals surface area contributed by atoms with E-state index < -0.39 is 0 Å². The van der Waals surface area contributed by atoms with E-state index in [1.807, 2.05) is 24.3 Å². The van der Waals surface area contributed by atoms with Gasteiger partial charge in [0.2, 0.25) is 5.95 Å². The number of fused-ring (bicyclic) bond motifs is 1. The number of hydrogen-bond donors (Lipinski definition) is 3. The molecule has 8 nitrogen and oxygen atoms in total. The maximum absolute atomic E-state index is 12.4. The third-order valence-corrected chi connectivity index (χ3v) is 4.84. The average molecular weight is 404 g/mol. The van der Waals surface area contributed by atoms with Crippen molar-refractivity contribution in [3.05, 3.63) is 81.8 Å². The quantitative estimate of drug-likeness (QED) is 0.417. The first-order valence-electron chi connectivity index (χ1n) is 9.83. The van der Waals surface area contributed by atoms with Crippen LogP contribution >= 0.6 is 0 Å². The zero-order valence-corrected chi connectivity index (χ0v) is 17.0. The van der Waals surface area contributed by atoms with Crippen molar-refractivity contribution in [2.24, 2.45) is 0 Å². The van der Waals surface area contributed by atoms with Gasteiger partial charge in [-0.05, 0) is 41.8 Å². The average Bonchev–Trinajstić information content (AvgIpc) is 3.20. The van der Waals surface area contributed by atoms with Crippen molar-refractivity contribution in [3.63, 3.8) is 0 Å². The normalized spacial score (nSPS) is 10.9. The molecule has 0 saturated carbocycles. The predicted molar refractivity (Wildman–Crippen MR) is 117 cm³/mol. The van der Waals surface area contributed by atoms with Gasteiger partial charge >= 0.3 is 0 Å². The maximum Gasteiger partial charge on any atom is 0.274 e. The molecule has 30 heavy (non-hydrogen) atoms. The standard InChI is InChI=1S/C22H24N6O2/c1-3-15-4-6-16(7-5-15)13-24-21-26-22-25-18(12-20(29)28(22)27-21)14-23-17-8-10-19(30-2)11-9-17/h4-12,23H,3,13-14H2,1-2H3,(H2,24,25,26,27). The van der Waals surface area contributed by atoms with E-state index in [2.05, 4.69) is 56.9 Å². The Hall–Kier alpha value is -3.81. The lowest BCUT2D eigenvalue weighted by atomic mass is 10.1. The van der Waals surface area contributed by atoms with Gasteiger partial charge in [-0.1, -0.05) is 31.2 Å². The van der Waals surface area contributed by atoms with Gasteiger partial charge in [0.05, 0.1) is 19.3 Å². The second kappa shape index (κ2) is 8.69. The molecule has 2 aromatic carbocycles. The number of aromatic amines is 1. The number of benzene rings is 2. The van der Waals surface area contributed by atoms with Crippen LogP contribution in [0.1, 0.15) is 23.7 Å². The Morgan fingerprint density at radius 1 is 0.967 bits per heavy atom. The summed E-state index contributed by atoms with van der Waals surface area (Å²) in [6.45, 7) is 3.15. The Morgan fingerprint density at radius 2 is 1.70 bits per heavy atom. The number of aryl methyl sites for hydroxylation is 1. The largest absolute Gasteiger partial charge is 0.497 e. The third kappa shape index (κ3) is 4.43. The number of H-pyrrole nitrogens is 1. The van der Waals surface area contributed by atoms with E-state index in [-0.39, 0.29) is 5.56 Å². The summed E-state index contributed by atoms with van der Waals surface area (Å²) in [4.78, 5) is 21.3. The Labute approximate surface area is 173 Å². The van der Waals surface area contributed by atoms with Crippen molar-refractivity contribution in [1.82, 2.24) is 19.6 Å². The van der Waals surface area contributed by atoms with Crippen LogP contribution in [0.4, 0.5) is 11.6 Å². The van der Waals surface area contributed by atoms with Gasteiger partial charge in [-0.25, -0.2) is 4.98 Å². The Morgan fingerprint density at radius 3 is 2.40 bits per heavy atom. The molecule has 0 spiro atoms. The monoisotopic (exact) mass is 404 g/mol. The van der Waals surface area contributed by atoms with Crippen molar-refractivity contribution in [3.8, 4) is 5.75 Å². The Kier molecular flexibility index (Phi) is 5.65.